The average molecular weight is 420 g/mol. The molecular weight excluding hydrogens is 390 g/mol. The van der Waals surface area contributed by atoms with Gasteiger partial charge in [0.2, 0.25) is 5.91 Å². The number of hydrogen-bond donors (Lipinski definition) is 3. The number of carbonyl (C=O) groups excluding carboxylic acids is 2. The second-order valence-corrected chi connectivity index (χ2v) is 7.54. The molecule has 0 atom stereocenters. The van der Waals surface area contributed by atoms with Crippen LogP contribution in [0.15, 0.2) is 48.5 Å². The van der Waals surface area contributed by atoms with E-state index >= 15 is 0 Å². The molecule has 29 heavy (non-hydrogen) atoms. The fraction of sp³-hybridized carbons (Fsp3) is 0.364. The second kappa shape index (κ2) is 11.6. The highest BCUT2D eigenvalue weighted by molar-refractivity contribution is 6.07. The van der Waals surface area contributed by atoms with Crippen molar-refractivity contribution in [2.75, 3.05) is 37.4 Å². The van der Waals surface area contributed by atoms with Crippen molar-refractivity contribution in [1.29, 1.82) is 0 Å². The van der Waals surface area contributed by atoms with Crippen LogP contribution in [-0.2, 0) is 14.9 Å². The first-order chi connectivity index (χ1) is 13.3. The Morgan fingerprint density at radius 3 is 2.07 bits per heavy atom. The maximum absolute atomic E-state index is 12.6. The standard InChI is InChI=1S/C22H29N3O3.ClH/c1-22(2,3)17-11-9-16(10-12-17)21(27)25-19-8-6-5-7-18(19)24-20(26)15-23-13-14-28-4;/h5-12,23H,13-15H2,1-4H3,(H,24,26)(H,25,27);1H. The van der Waals surface area contributed by atoms with Gasteiger partial charge in [0, 0.05) is 19.2 Å². The van der Waals surface area contributed by atoms with Crippen LogP contribution in [0.25, 0.3) is 0 Å². The summed E-state index contributed by atoms with van der Waals surface area (Å²) in [4.78, 5) is 24.7. The van der Waals surface area contributed by atoms with E-state index < -0.39 is 0 Å². The molecule has 0 unspecified atom stereocenters. The van der Waals surface area contributed by atoms with Crippen molar-refractivity contribution < 1.29 is 14.3 Å². The monoisotopic (exact) mass is 419 g/mol. The van der Waals surface area contributed by atoms with Crippen molar-refractivity contribution in [3.8, 4) is 0 Å². The third-order valence-electron chi connectivity index (χ3n) is 4.23. The number of amides is 2. The molecule has 0 aliphatic heterocycles. The molecule has 2 aromatic carbocycles. The minimum atomic E-state index is -0.222. The normalized spacial score (nSPS) is 10.8. The molecule has 0 aliphatic carbocycles. The third-order valence-corrected chi connectivity index (χ3v) is 4.23. The highest BCUT2D eigenvalue weighted by Crippen LogP contribution is 2.24. The molecule has 7 heteroatoms. The Morgan fingerprint density at radius 1 is 0.931 bits per heavy atom. The van der Waals surface area contributed by atoms with E-state index in [1.807, 2.05) is 36.4 Å². The number of halogens is 1. The smallest absolute Gasteiger partial charge is 0.255 e. The van der Waals surface area contributed by atoms with Crippen LogP contribution in [0.3, 0.4) is 0 Å². The maximum atomic E-state index is 12.6. The summed E-state index contributed by atoms with van der Waals surface area (Å²) in [6.07, 6.45) is 0. The lowest BCUT2D eigenvalue weighted by Gasteiger charge is -2.19. The average Bonchev–Trinajstić information content (AvgIpc) is 2.66. The van der Waals surface area contributed by atoms with Crippen LogP contribution >= 0.6 is 12.4 Å². The van der Waals surface area contributed by atoms with Crippen LogP contribution in [0.5, 0.6) is 0 Å². The Kier molecular flexibility index (Phi) is 9.81. The van der Waals surface area contributed by atoms with Gasteiger partial charge in [-0.2, -0.15) is 0 Å². The van der Waals surface area contributed by atoms with Crippen molar-refractivity contribution in [2.24, 2.45) is 0 Å². The summed E-state index contributed by atoms with van der Waals surface area (Å²) in [6.45, 7) is 7.68. The van der Waals surface area contributed by atoms with E-state index in [9.17, 15) is 9.59 Å². The quantitative estimate of drug-likeness (QED) is 0.568. The van der Waals surface area contributed by atoms with Crippen molar-refractivity contribution in [3.63, 3.8) is 0 Å². The molecule has 2 aromatic rings. The van der Waals surface area contributed by atoms with Gasteiger partial charge in [0.1, 0.15) is 0 Å². The first-order valence-electron chi connectivity index (χ1n) is 9.31. The van der Waals surface area contributed by atoms with Gasteiger partial charge in [0.15, 0.2) is 0 Å². The van der Waals surface area contributed by atoms with Crippen LogP contribution in [-0.4, -0.2) is 38.6 Å². The summed E-state index contributed by atoms with van der Waals surface area (Å²) in [5, 5.41) is 8.67. The van der Waals surface area contributed by atoms with Gasteiger partial charge in [0.05, 0.1) is 24.5 Å². The number of nitrogens with one attached hydrogen (secondary N) is 3. The lowest BCUT2D eigenvalue weighted by molar-refractivity contribution is -0.115. The Labute approximate surface area is 178 Å². The van der Waals surface area contributed by atoms with Gasteiger partial charge in [-0.05, 0) is 35.2 Å². The molecule has 6 nitrogen and oxygen atoms in total. The molecule has 0 bridgehead atoms. The predicted molar refractivity (Wildman–Crippen MR) is 120 cm³/mol. The van der Waals surface area contributed by atoms with E-state index in [4.69, 9.17) is 4.74 Å². The molecule has 0 radical (unpaired) electrons. The summed E-state index contributed by atoms with van der Waals surface area (Å²) in [7, 11) is 1.61. The number of methoxy groups -OCH3 is 1. The lowest BCUT2D eigenvalue weighted by atomic mass is 9.87. The Balaban J connectivity index is 0.00000420. The number of ether oxygens (including phenoxy) is 1. The molecule has 0 saturated carbocycles. The molecular formula is C22H30ClN3O3. The van der Waals surface area contributed by atoms with Gasteiger partial charge >= 0.3 is 0 Å². The van der Waals surface area contributed by atoms with Crippen LogP contribution in [0, 0.1) is 0 Å². The van der Waals surface area contributed by atoms with Crippen LogP contribution in [0.4, 0.5) is 11.4 Å². The van der Waals surface area contributed by atoms with Gasteiger partial charge in [-0.1, -0.05) is 45.0 Å². The topological polar surface area (TPSA) is 79.5 Å². The largest absolute Gasteiger partial charge is 0.383 e. The highest BCUT2D eigenvalue weighted by Gasteiger charge is 2.15. The number of rotatable bonds is 8. The van der Waals surface area contributed by atoms with E-state index in [-0.39, 0.29) is 36.2 Å². The van der Waals surface area contributed by atoms with Crippen molar-refractivity contribution in [2.45, 2.75) is 26.2 Å². The molecule has 0 saturated heterocycles. The zero-order chi connectivity index (χ0) is 20.6. The molecule has 3 N–H and O–H groups in total. The second-order valence-electron chi connectivity index (χ2n) is 7.54. The molecule has 0 spiro atoms. The molecule has 2 amide bonds. The fourth-order valence-electron chi connectivity index (χ4n) is 2.59. The van der Waals surface area contributed by atoms with Gasteiger partial charge < -0.3 is 20.7 Å². The zero-order valence-electron chi connectivity index (χ0n) is 17.4. The Bertz CT molecular complexity index is 802. The molecule has 2 rings (SSSR count). The maximum Gasteiger partial charge on any atom is 0.255 e. The van der Waals surface area contributed by atoms with Crippen LogP contribution in [0.2, 0.25) is 0 Å². The highest BCUT2D eigenvalue weighted by atomic mass is 35.5. The molecule has 0 aromatic heterocycles. The fourth-order valence-corrected chi connectivity index (χ4v) is 2.59. The van der Waals surface area contributed by atoms with E-state index in [1.54, 1.807) is 19.2 Å². The van der Waals surface area contributed by atoms with Gasteiger partial charge in [-0.15, -0.1) is 12.4 Å². The molecule has 0 fully saturated rings. The third kappa shape index (κ3) is 7.85. The summed E-state index contributed by atoms with van der Waals surface area (Å²) in [6, 6.07) is 14.7. The number of hydrogen-bond acceptors (Lipinski definition) is 4. The molecule has 158 valence electrons. The Morgan fingerprint density at radius 2 is 1.52 bits per heavy atom. The van der Waals surface area contributed by atoms with Gasteiger partial charge in [0.25, 0.3) is 5.91 Å². The lowest BCUT2D eigenvalue weighted by Crippen LogP contribution is -2.30. The predicted octanol–water partition coefficient (Wildman–Crippen LogP) is 3.83. The zero-order valence-corrected chi connectivity index (χ0v) is 18.2. The van der Waals surface area contributed by atoms with Crippen molar-refractivity contribution >= 4 is 35.6 Å². The number of benzene rings is 2. The van der Waals surface area contributed by atoms with Gasteiger partial charge in [-0.3, -0.25) is 9.59 Å². The minimum Gasteiger partial charge on any atom is -0.383 e. The first-order valence-corrected chi connectivity index (χ1v) is 9.31. The van der Waals surface area contributed by atoms with E-state index in [0.717, 1.165) is 5.56 Å². The SMILES string of the molecule is COCCNCC(=O)Nc1ccccc1NC(=O)c1ccc(C(C)(C)C)cc1.Cl. The number of anilines is 2. The van der Waals surface area contributed by atoms with Crippen molar-refractivity contribution in [1.82, 2.24) is 5.32 Å². The number of para-hydroxylation sites is 2. The summed E-state index contributed by atoms with van der Waals surface area (Å²) >= 11 is 0. The summed E-state index contributed by atoms with van der Waals surface area (Å²) in [5.41, 5.74) is 2.87. The van der Waals surface area contributed by atoms with Crippen LogP contribution < -0.4 is 16.0 Å². The van der Waals surface area contributed by atoms with Gasteiger partial charge in [-0.25, -0.2) is 0 Å². The summed E-state index contributed by atoms with van der Waals surface area (Å²) in [5.74, 6) is -0.410. The Hall–Kier alpha value is -2.41. The summed E-state index contributed by atoms with van der Waals surface area (Å²) < 4.78 is 4.93. The molecule has 0 heterocycles. The van der Waals surface area contributed by atoms with E-state index in [0.29, 0.717) is 30.1 Å². The van der Waals surface area contributed by atoms with Crippen molar-refractivity contribution in [3.05, 3.63) is 59.7 Å². The first kappa shape index (κ1) is 24.6. The van der Waals surface area contributed by atoms with E-state index in [2.05, 4.69) is 36.7 Å². The van der Waals surface area contributed by atoms with E-state index in [1.165, 1.54) is 0 Å². The molecule has 0 aliphatic rings. The number of carbonyl (C=O) groups is 2. The minimum absolute atomic E-state index is 0. The van der Waals surface area contributed by atoms with Crippen LogP contribution in [0.1, 0.15) is 36.7 Å².